The first-order valence-electron chi connectivity index (χ1n) is 7.53. The van der Waals surface area contributed by atoms with Crippen LogP contribution in [0.2, 0.25) is 5.02 Å². The molecule has 2 N–H and O–H groups in total. The fraction of sp³-hybridized carbons (Fsp3) is 0.500. The molecule has 1 rings (SSSR count). The van der Waals surface area contributed by atoms with Crippen LogP contribution in [0.5, 0.6) is 11.5 Å². The summed E-state index contributed by atoms with van der Waals surface area (Å²) in [5, 5.41) is 5.63. The Morgan fingerprint density at radius 1 is 1.30 bits per heavy atom. The molecule has 0 heterocycles. The number of hydrogen-bond donors (Lipinski definition) is 2. The zero-order valence-electron chi connectivity index (χ0n) is 13.9. The van der Waals surface area contributed by atoms with Crippen LogP contribution in [-0.4, -0.2) is 38.1 Å². The van der Waals surface area contributed by atoms with E-state index in [1.807, 2.05) is 13.8 Å². The molecule has 2 amide bonds. The normalized spacial score (nSPS) is 11.5. The molecule has 1 aromatic rings. The summed E-state index contributed by atoms with van der Waals surface area (Å²) < 4.78 is 10.6. The zero-order valence-corrected chi connectivity index (χ0v) is 14.6. The number of carbonyl (C=O) groups is 2. The van der Waals surface area contributed by atoms with Gasteiger partial charge in [0.05, 0.1) is 18.7 Å². The minimum atomic E-state index is -0.648. The molecule has 1 unspecified atom stereocenters. The molecular weight excluding hydrogens is 320 g/mol. The summed E-state index contributed by atoms with van der Waals surface area (Å²) in [6.07, 6.45) is 0.831. The van der Waals surface area contributed by atoms with E-state index in [0.29, 0.717) is 30.2 Å². The van der Waals surface area contributed by atoms with Gasteiger partial charge in [0.25, 0.3) is 5.91 Å². The molecule has 0 aromatic heterocycles. The van der Waals surface area contributed by atoms with Crippen LogP contribution in [0.3, 0.4) is 0 Å². The Balaban J connectivity index is 2.87. The van der Waals surface area contributed by atoms with E-state index in [4.69, 9.17) is 21.1 Å². The Kier molecular flexibility index (Phi) is 7.68. The molecule has 0 fully saturated rings. The lowest BCUT2D eigenvalue weighted by Gasteiger charge is -2.16. The Morgan fingerprint density at radius 2 is 2.00 bits per heavy atom. The number of hydrogen-bond acceptors (Lipinski definition) is 4. The van der Waals surface area contributed by atoms with Crippen molar-refractivity contribution in [3.8, 4) is 11.5 Å². The average Bonchev–Trinajstić information content (AvgIpc) is 2.53. The molecule has 0 aliphatic heterocycles. The molecule has 1 atom stereocenters. The monoisotopic (exact) mass is 342 g/mol. The second-order valence-corrected chi connectivity index (χ2v) is 5.32. The van der Waals surface area contributed by atoms with Gasteiger partial charge < -0.3 is 20.1 Å². The summed E-state index contributed by atoms with van der Waals surface area (Å²) in [5.74, 6) is 0.117. The molecule has 0 bridgehead atoms. The van der Waals surface area contributed by atoms with E-state index in [9.17, 15) is 9.59 Å². The number of nitrogens with one attached hydrogen (secondary N) is 2. The SMILES string of the molecule is CCCNC(=O)C(C)NC(=O)c1cc(Cl)c(OCC)c(OC)c1. The number of benzene rings is 1. The fourth-order valence-corrected chi connectivity index (χ4v) is 2.15. The van der Waals surface area contributed by atoms with Crippen molar-refractivity contribution < 1.29 is 19.1 Å². The van der Waals surface area contributed by atoms with Gasteiger partial charge >= 0.3 is 0 Å². The third kappa shape index (κ3) is 5.32. The van der Waals surface area contributed by atoms with Gasteiger partial charge in [0.2, 0.25) is 5.91 Å². The Morgan fingerprint density at radius 3 is 2.57 bits per heavy atom. The van der Waals surface area contributed by atoms with E-state index in [0.717, 1.165) is 6.42 Å². The molecule has 1 aromatic carbocycles. The van der Waals surface area contributed by atoms with Crippen LogP contribution in [0.25, 0.3) is 0 Å². The Bertz CT molecular complexity index is 563. The summed E-state index contributed by atoms with van der Waals surface area (Å²) in [7, 11) is 1.47. The van der Waals surface area contributed by atoms with E-state index >= 15 is 0 Å². The van der Waals surface area contributed by atoms with Gasteiger partial charge in [0, 0.05) is 12.1 Å². The maximum atomic E-state index is 12.3. The fourth-order valence-electron chi connectivity index (χ4n) is 1.88. The smallest absolute Gasteiger partial charge is 0.252 e. The summed E-state index contributed by atoms with van der Waals surface area (Å²) >= 11 is 6.14. The Labute approximate surface area is 141 Å². The molecule has 6 nitrogen and oxygen atoms in total. The van der Waals surface area contributed by atoms with Gasteiger partial charge in [-0.05, 0) is 32.4 Å². The van der Waals surface area contributed by atoms with Crippen LogP contribution in [0.4, 0.5) is 0 Å². The highest BCUT2D eigenvalue weighted by Gasteiger charge is 2.19. The molecule has 128 valence electrons. The second-order valence-electron chi connectivity index (χ2n) is 4.91. The summed E-state index contributed by atoms with van der Waals surface area (Å²) in [4.78, 5) is 24.1. The molecule has 23 heavy (non-hydrogen) atoms. The molecule has 0 aliphatic rings. The van der Waals surface area contributed by atoms with Gasteiger partial charge in [-0.2, -0.15) is 0 Å². The van der Waals surface area contributed by atoms with E-state index in [-0.39, 0.29) is 10.9 Å². The number of carbonyl (C=O) groups excluding carboxylic acids is 2. The maximum absolute atomic E-state index is 12.3. The van der Waals surface area contributed by atoms with E-state index in [2.05, 4.69) is 10.6 Å². The van der Waals surface area contributed by atoms with Crippen molar-refractivity contribution in [1.29, 1.82) is 0 Å². The summed E-state index contributed by atoms with van der Waals surface area (Å²) in [6, 6.07) is 2.37. The van der Waals surface area contributed by atoms with Crippen molar-refractivity contribution in [1.82, 2.24) is 10.6 Å². The third-order valence-corrected chi connectivity index (χ3v) is 3.35. The largest absolute Gasteiger partial charge is 0.493 e. The van der Waals surface area contributed by atoms with Gasteiger partial charge in [-0.1, -0.05) is 18.5 Å². The number of ether oxygens (including phenoxy) is 2. The van der Waals surface area contributed by atoms with Gasteiger partial charge in [-0.15, -0.1) is 0 Å². The number of amides is 2. The molecule has 0 radical (unpaired) electrons. The van der Waals surface area contributed by atoms with Crippen molar-refractivity contribution in [2.75, 3.05) is 20.3 Å². The second kappa shape index (κ2) is 9.25. The maximum Gasteiger partial charge on any atom is 0.252 e. The first-order chi connectivity index (χ1) is 10.9. The highest BCUT2D eigenvalue weighted by atomic mass is 35.5. The van der Waals surface area contributed by atoms with Crippen LogP contribution in [-0.2, 0) is 4.79 Å². The average molecular weight is 343 g/mol. The standard InChI is InChI=1S/C16H23ClN2O4/c1-5-7-18-15(20)10(3)19-16(21)11-8-12(17)14(23-6-2)13(9-11)22-4/h8-10H,5-7H2,1-4H3,(H,18,20)(H,19,21). The number of halogens is 1. The van der Waals surface area contributed by atoms with Gasteiger partial charge in [-0.25, -0.2) is 0 Å². The van der Waals surface area contributed by atoms with Gasteiger partial charge in [0.1, 0.15) is 6.04 Å². The molecule has 7 heteroatoms. The van der Waals surface area contributed by atoms with E-state index in [1.165, 1.54) is 19.2 Å². The first kappa shape index (κ1) is 19.1. The van der Waals surface area contributed by atoms with Crippen LogP contribution < -0.4 is 20.1 Å². The lowest BCUT2D eigenvalue weighted by atomic mass is 10.1. The minimum absolute atomic E-state index is 0.232. The third-order valence-electron chi connectivity index (χ3n) is 3.07. The van der Waals surface area contributed by atoms with Crippen LogP contribution in [0, 0.1) is 0 Å². The molecular formula is C16H23ClN2O4. The van der Waals surface area contributed by atoms with E-state index < -0.39 is 11.9 Å². The predicted octanol–water partition coefficient (Wildman–Crippen LogP) is 2.39. The topological polar surface area (TPSA) is 76.7 Å². The van der Waals surface area contributed by atoms with Crippen molar-refractivity contribution in [3.05, 3.63) is 22.7 Å². The van der Waals surface area contributed by atoms with Crippen molar-refractivity contribution in [3.63, 3.8) is 0 Å². The zero-order chi connectivity index (χ0) is 17.4. The Hall–Kier alpha value is -1.95. The van der Waals surface area contributed by atoms with Crippen molar-refractivity contribution in [2.24, 2.45) is 0 Å². The van der Waals surface area contributed by atoms with Gasteiger partial charge in [-0.3, -0.25) is 9.59 Å². The van der Waals surface area contributed by atoms with Crippen LogP contribution in [0.15, 0.2) is 12.1 Å². The molecule has 0 spiro atoms. The summed E-state index contributed by atoms with van der Waals surface area (Å²) in [6.45, 7) is 6.40. The van der Waals surface area contributed by atoms with Gasteiger partial charge in [0.15, 0.2) is 11.5 Å². The van der Waals surface area contributed by atoms with E-state index in [1.54, 1.807) is 6.92 Å². The molecule has 0 aliphatic carbocycles. The number of methoxy groups -OCH3 is 1. The lowest BCUT2D eigenvalue weighted by molar-refractivity contribution is -0.122. The minimum Gasteiger partial charge on any atom is -0.493 e. The predicted molar refractivity (Wildman–Crippen MR) is 89.4 cm³/mol. The highest BCUT2D eigenvalue weighted by Crippen LogP contribution is 2.36. The quantitative estimate of drug-likeness (QED) is 0.760. The molecule has 0 saturated carbocycles. The van der Waals surface area contributed by atoms with Crippen molar-refractivity contribution >= 4 is 23.4 Å². The lowest BCUT2D eigenvalue weighted by Crippen LogP contribution is -2.45. The summed E-state index contributed by atoms with van der Waals surface area (Å²) in [5.41, 5.74) is 0.297. The number of rotatable bonds is 8. The van der Waals surface area contributed by atoms with Crippen LogP contribution in [0.1, 0.15) is 37.6 Å². The molecule has 0 saturated heterocycles. The van der Waals surface area contributed by atoms with Crippen LogP contribution >= 0.6 is 11.6 Å². The van der Waals surface area contributed by atoms with Crippen molar-refractivity contribution in [2.45, 2.75) is 33.2 Å². The highest BCUT2D eigenvalue weighted by molar-refractivity contribution is 6.32. The first-order valence-corrected chi connectivity index (χ1v) is 7.91.